The maximum atomic E-state index is 12.4. The average molecular weight is 361 g/mol. The molecule has 0 unspecified atom stereocenters. The van der Waals surface area contributed by atoms with Crippen molar-refractivity contribution in [1.82, 2.24) is 9.97 Å². The van der Waals surface area contributed by atoms with Gasteiger partial charge in [0.1, 0.15) is 10.5 Å². The Labute approximate surface area is 154 Å². The van der Waals surface area contributed by atoms with Crippen LogP contribution in [0.5, 0.6) is 0 Å². The molecule has 2 aromatic carbocycles. The zero-order valence-corrected chi connectivity index (χ0v) is 14.8. The van der Waals surface area contributed by atoms with Crippen LogP contribution in [0.15, 0.2) is 81.2 Å². The lowest BCUT2D eigenvalue weighted by Gasteiger charge is -2.06. The second kappa shape index (κ2) is 7.01. The van der Waals surface area contributed by atoms with Gasteiger partial charge in [-0.15, -0.1) is 0 Å². The summed E-state index contributed by atoms with van der Waals surface area (Å²) in [4.78, 5) is 22.0. The van der Waals surface area contributed by atoms with Crippen molar-refractivity contribution < 1.29 is 9.21 Å². The van der Waals surface area contributed by atoms with Crippen molar-refractivity contribution in [3.05, 3.63) is 78.3 Å². The highest BCUT2D eigenvalue weighted by Crippen LogP contribution is 2.26. The average Bonchev–Trinajstić information content (AvgIpc) is 3.02. The second-order valence-corrected chi connectivity index (χ2v) is 6.76. The van der Waals surface area contributed by atoms with Crippen molar-refractivity contribution in [3.63, 3.8) is 0 Å². The molecular formula is C20H15N3O2S. The van der Waals surface area contributed by atoms with Crippen LogP contribution in [-0.2, 0) is 0 Å². The number of amides is 1. The standard InChI is InChI=1S/C20H15N3O2S/c1-13-22-17-10-7-15(12-18(17)25-13)23-20(24)14-5-8-16(9-6-14)26-19-4-2-3-11-21-19/h2-12H,1H3,(H,23,24). The summed E-state index contributed by atoms with van der Waals surface area (Å²) in [6, 6.07) is 18.6. The SMILES string of the molecule is Cc1nc2ccc(NC(=O)c3ccc(Sc4ccccn4)cc3)cc2o1. The highest BCUT2D eigenvalue weighted by Gasteiger charge is 2.09. The molecule has 26 heavy (non-hydrogen) atoms. The van der Waals surface area contributed by atoms with Crippen LogP contribution in [0, 0.1) is 6.92 Å². The lowest BCUT2D eigenvalue weighted by atomic mass is 10.2. The number of anilines is 1. The van der Waals surface area contributed by atoms with Crippen molar-refractivity contribution in [2.75, 3.05) is 5.32 Å². The largest absolute Gasteiger partial charge is 0.441 e. The minimum atomic E-state index is -0.171. The summed E-state index contributed by atoms with van der Waals surface area (Å²) in [5, 5.41) is 3.80. The van der Waals surface area contributed by atoms with Gasteiger partial charge in [0, 0.05) is 35.3 Å². The van der Waals surface area contributed by atoms with Crippen LogP contribution in [0.25, 0.3) is 11.1 Å². The Kier molecular flexibility index (Phi) is 4.41. The predicted octanol–water partition coefficient (Wildman–Crippen LogP) is 4.93. The molecule has 0 atom stereocenters. The molecule has 0 aliphatic rings. The summed E-state index contributed by atoms with van der Waals surface area (Å²) in [5.74, 6) is 0.430. The smallest absolute Gasteiger partial charge is 0.255 e. The number of carbonyl (C=O) groups excluding carboxylic acids is 1. The predicted molar refractivity (Wildman–Crippen MR) is 102 cm³/mol. The summed E-state index contributed by atoms with van der Waals surface area (Å²) >= 11 is 1.55. The molecule has 4 rings (SSSR count). The number of aryl methyl sites for hydroxylation is 1. The highest BCUT2D eigenvalue weighted by molar-refractivity contribution is 7.99. The van der Waals surface area contributed by atoms with E-state index >= 15 is 0 Å². The van der Waals surface area contributed by atoms with E-state index in [1.807, 2.05) is 42.5 Å². The van der Waals surface area contributed by atoms with Crippen LogP contribution in [0.4, 0.5) is 5.69 Å². The number of oxazole rings is 1. The number of fused-ring (bicyclic) bond motifs is 1. The van der Waals surface area contributed by atoms with E-state index in [2.05, 4.69) is 15.3 Å². The number of nitrogens with zero attached hydrogens (tertiary/aromatic N) is 2. The van der Waals surface area contributed by atoms with Crippen molar-refractivity contribution in [2.24, 2.45) is 0 Å². The number of rotatable bonds is 4. The Balaban J connectivity index is 1.47. The van der Waals surface area contributed by atoms with Crippen molar-refractivity contribution in [1.29, 1.82) is 0 Å². The van der Waals surface area contributed by atoms with Gasteiger partial charge in [-0.1, -0.05) is 17.8 Å². The van der Waals surface area contributed by atoms with Crippen molar-refractivity contribution in [3.8, 4) is 0 Å². The Hall–Kier alpha value is -3.12. The molecule has 4 aromatic rings. The maximum Gasteiger partial charge on any atom is 0.255 e. The van der Waals surface area contributed by atoms with E-state index in [-0.39, 0.29) is 5.91 Å². The van der Waals surface area contributed by atoms with Gasteiger partial charge in [-0.25, -0.2) is 9.97 Å². The maximum absolute atomic E-state index is 12.4. The van der Waals surface area contributed by atoms with Gasteiger partial charge in [-0.05, 0) is 48.5 Å². The molecule has 1 N–H and O–H groups in total. The number of pyridine rings is 1. The van der Waals surface area contributed by atoms with Gasteiger partial charge in [-0.3, -0.25) is 4.79 Å². The van der Waals surface area contributed by atoms with Gasteiger partial charge in [0.2, 0.25) is 0 Å². The quantitative estimate of drug-likeness (QED) is 0.558. The number of hydrogen-bond acceptors (Lipinski definition) is 5. The molecule has 5 nitrogen and oxygen atoms in total. The van der Waals surface area contributed by atoms with E-state index in [9.17, 15) is 4.79 Å². The van der Waals surface area contributed by atoms with Crippen LogP contribution in [0.3, 0.4) is 0 Å². The first-order chi connectivity index (χ1) is 12.7. The molecule has 1 amide bonds. The molecule has 2 aromatic heterocycles. The molecule has 6 heteroatoms. The van der Waals surface area contributed by atoms with Crippen molar-refractivity contribution in [2.45, 2.75) is 16.8 Å². The van der Waals surface area contributed by atoms with Crippen LogP contribution in [-0.4, -0.2) is 15.9 Å². The zero-order valence-electron chi connectivity index (χ0n) is 14.0. The van der Waals surface area contributed by atoms with Gasteiger partial charge in [-0.2, -0.15) is 0 Å². The van der Waals surface area contributed by atoms with Crippen LogP contribution < -0.4 is 5.32 Å². The second-order valence-electron chi connectivity index (χ2n) is 5.66. The van der Waals surface area contributed by atoms with E-state index in [1.165, 1.54) is 0 Å². The molecule has 0 aliphatic carbocycles. The van der Waals surface area contributed by atoms with Crippen LogP contribution in [0.1, 0.15) is 16.2 Å². The summed E-state index contributed by atoms with van der Waals surface area (Å²) in [6.45, 7) is 1.79. The van der Waals surface area contributed by atoms with Crippen LogP contribution >= 0.6 is 11.8 Å². The first kappa shape index (κ1) is 16.4. The molecule has 0 fully saturated rings. The highest BCUT2D eigenvalue weighted by atomic mass is 32.2. The van der Waals surface area contributed by atoms with E-state index in [0.29, 0.717) is 22.7 Å². The number of carbonyl (C=O) groups is 1. The Morgan fingerprint density at radius 1 is 1.08 bits per heavy atom. The Morgan fingerprint density at radius 2 is 1.92 bits per heavy atom. The number of hydrogen-bond donors (Lipinski definition) is 1. The summed E-state index contributed by atoms with van der Waals surface area (Å²) < 4.78 is 5.50. The Bertz CT molecular complexity index is 1060. The molecule has 0 saturated carbocycles. The van der Waals surface area contributed by atoms with E-state index in [1.54, 1.807) is 43.1 Å². The third kappa shape index (κ3) is 3.60. The van der Waals surface area contributed by atoms with Gasteiger partial charge in [0.15, 0.2) is 11.5 Å². The lowest BCUT2D eigenvalue weighted by Crippen LogP contribution is -2.11. The third-order valence-corrected chi connectivity index (χ3v) is 4.69. The van der Waals surface area contributed by atoms with Gasteiger partial charge in [0.05, 0.1) is 0 Å². The molecule has 2 heterocycles. The molecule has 0 saturated heterocycles. The molecule has 0 spiro atoms. The van der Waals surface area contributed by atoms with Gasteiger partial charge in [0.25, 0.3) is 5.91 Å². The van der Waals surface area contributed by atoms with E-state index < -0.39 is 0 Å². The summed E-state index contributed by atoms with van der Waals surface area (Å²) in [7, 11) is 0. The number of benzene rings is 2. The van der Waals surface area contributed by atoms with E-state index in [0.717, 1.165) is 15.4 Å². The van der Waals surface area contributed by atoms with Gasteiger partial charge < -0.3 is 9.73 Å². The fourth-order valence-electron chi connectivity index (χ4n) is 2.52. The lowest BCUT2D eigenvalue weighted by molar-refractivity contribution is 0.102. The topological polar surface area (TPSA) is 68.0 Å². The first-order valence-corrected chi connectivity index (χ1v) is 8.86. The van der Waals surface area contributed by atoms with Crippen LogP contribution in [0.2, 0.25) is 0 Å². The molecule has 0 bridgehead atoms. The molecule has 0 radical (unpaired) electrons. The zero-order chi connectivity index (χ0) is 17.9. The molecular weight excluding hydrogens is 346 g/mol. The monoisotopic (exact) mass is 361 g/mol. The number of aromatic nitrogens is 2. The first-order valence-electron chi connectivity index (χ1n) is 8.05. The molecule has 128 valence electrons. The number of nitrogens with one attached hydrogen (secondary N) is 1. The minimum absolute atomic E-state index is 0.171. The Morgan fingerprint density at radius 3 is 2.69 bits per heavy atom. The molecule has 0 aliphatic heterocycles. The van der Waals surface area contributed by atoms with E-state index in [4.69, 9.17) is 4.42 Å². The normalized spacial score (nSPS) is 10.8. The van der Waals surface area contributed by atoms with Gasteiger partial charge >= 0.3 is 0 Å². The minimum Gasteiger partial charge on any atom is -0.441 e. The fraction of sp³-hybridized carbons (Fsp3) is 0.0500. The third-order valence-electron chi connectivity index (χ3n) is 3.73. The summed E-state index contributed by atoms with van der Waals surface area (Å²) in [6.07, 6.45) is 1.76. The summed E-state index contributed by atoms with van der Waals surface area (Å²) in [5.41, 5.74) is 2.69. The fourth-order valence-corrected chi connectivity index (χ4v) is 3.30. The van der Waals surface area contributed by atoms with Crippen molar-refractivity contribution >= 4 is 34.5 Å².